The smallest absolute Gasteiger partial charge is 0.0665 e. The molecule has 2 rings (SSSR count). The van der Waals surface area contributed by atoms with E-state index in [1.54, 1.807) is 0 Å². The average molecular weight is 168 g/mol. The second-order valence-corrected chi connectivity index (χ2v) is 3.73. The number of fused-ring (bicyclic) bond motifs is 2. The molecule has 11 heavy (non-hydrogen) atoms. The summed E-state index contributed by atoms with van der Waals surface area (Å²) in [5, 5.41) is 8.85. The Hall–Kier alpha value is -0.480. The molecule has 1 fully saturated rings. The fraction of sp³-hybridized carbons (Fsp3) is 0.667. The van der Waals surface area contributed by atoms with Crippen molar-refractivity contribution in [1.82, 2.24) is 0 Å². The monoisotopic (exact) mass is 167 g/mol. The van der Waals surface area contributed by atoms with Gasteiger partial charge in [0.15, 0.2) is 0 Å². The summed E-state index contributed by atoms with van der Waals surface area (Å²) in [4.78, 5) is 0. The second-order valence-electron chi connectivity index (χ2n) is 3.42. The van der Waals surface area contributed by atoms with Gasteiger partial charge in [-0.2, -0.15) is 5.26 Å². The largest absolute Gasteiger partial charge is 0.198 e. The number of allylic oxidation sites excluding steroid dienone is 2. The van der Waals surface area contributed by atoms with Crippen LogP contribution in [0.15, 0.2) is 12.2 Å². The molecule has 0 saturated heterocycles. The van der Waals surface area contributed by atoms with Crippen LogP contribution in [0.1, 0.15) is 6.42 Å². The zero-order valence-electron chi connectivity index (χ0n) is 6.20. The molecule has 4 atom stereocenters. The molecule has 0 aromatic carbocycles. The molecule has 2 bridgehead atoms. The zero-order chi connectivity index (χ0) is 7.84. The minimum absolute atomic E-state index is 0.197. The maximum absolute atomic E-state index is 8.85. The SMILES string of the molecule is N#C[C@H]1[C@H](CCl)[C@@H]2C=C[C@H]1C2. The van der Waals surface area contributed by atoms with E-state index in [4.69, 9.17) is 16.9 Å². The van der Waals surface area contributed by atoms with Gasteiger partial charge in [-0.3, -0.25) is 0 Å². The molecule has 0 aliphatic heterocycles. The van der Waals surface area contributed by atoms with E-state index in [1.807, 2.05) is 0 Å². The van der Waals surface area contributed by atoms with Gasteiger partial charge in [0, 0.05) is 5.88 Å². The number of nitriles is 1. The van der Waals surface area contributed by atoms with Crippen LogP contribution in [-0.4, -0.2) is 5.88 Å². The van der Waals surface area contributed by atoms with E-state index in [0.29, 0.717) is 23.6 Å². The van der Waals surface area contributed by atoms with Gasteiger partial charge in [0.05, 0.1) is 12.0 Å². The molecule has 58 valence electrons. The molecule has 0 aromatic heterocycles. The van der Waals surface area contributed by atoms with Gasteiger partial charge in [0.2, 0.25) is 0 Å². The number of nitrogens with zero attached hydrogens (tertiary/aromatic N) is 1. The summed E-state index contributed by atoms with van der Waals surface area (Å²) in [6, 6.07) is 2.36. The Labute approximate surface area is 71.7 Å². The molecule has 2 aliphatic carbocycles. The molecule has 2 aliphatic rings. The van der Waals surface area contributed by atoms with Gasteiger partial charge in [0.1, 0.15) is 0 Å². The van der Waals surface area contributed by atoms with Crippen molar-refractivity contribution in [3.05, 3.63) is 12.2 Å². The molecule has 1 saturated carbocycles. The molecule has 2 heteroatoms. The quantitative estimate of drug-likeness (QED) is 0.434. The van der Waals surface area contributed by atoms with Crippen LogP contribution < -0.4 is 0 Å². The van der Waals surface area contributed by atoms with Crippen molar-refractivity contribution in [1.29, 1.82) is 5.26 Å². The highest BCUT2D eigenvalue weighted by atomic mass is 35.5. The van der Waals surface area contributed by atoms with Gasteiger partial charge < -0.3 is 0 Å². The third-order valence-electron chi connectivity index (χ3n) is 2.95. The molecule has 0 aromatic rings. The van der Waals surface area contributed by atoms with Crippen molar-refractivity contribution in [2.24, 2.45) is 23.7 Å². The fourth-order valence-electron chi connectivity index (χ4n) is 2.33. The van der Waals surface area contributed by atoms with E-state index in [9.17, 15) is 0 Å². The van der Waals surface area contributed by atoms with Crippen molar-refractivity contribution < 1.29 is 0 Å². The summed E-state index contributed by atoms with van der Waals surface area (Å²) < 4.78 is 0. The van der Waals surface area contributed by atoms with Crippen molar-refractivity contribution in [3.63, 3.8) is 0 Å². The Bertz CT molecular complexity index is 228. The van der Waals surface area contributed by atoms with Gasteiger partial charge in [-0.25, -0.2) is 0 Å². The lowest BCUT2D eigenvalue weighted by atomic mass is 9.85. The first kappa shape index (κ1) is 7.18. The minimum Gasteiger partial charge on any atom is -0.198 e. The standard InChI is InChI=1S/C9H10ClN/c10-4-8-6-1-2-7(3-6)9(8)5-11/h1-2,6-9H,3-4H2/t6-,7+,8-,9-/m1/s1. The molecule has 0 heterocycles. The van der Waals surface area contributed by atoms with E-state index in [0.717, 1.165) is 6.42 Å². The number of alkyl halides is 1. The number of halogens is 1. The highest BCUT2D eigenvalue weighted by molar-refractivity contribution is 6.18. The van der Waals surface area contributed by atoms with Gasteiger partial charge in [0.25, 0.3) is 0 Å². The minimum atomic E-state index is 0.197. The fourth-order valence-corrected chi connectivity index (χ4v) is 2.75. The molecule has 0 unspecified atom stereocenters. The molecular formula is C9H10ClN. The van der Waals surface area contributed by atoms with Crippen LogP contribution in [0.2, 0.25) is 0 Å². The lowest BCUT2D eigenvalue weighted by Crippen LogP contribution is -2.19. The number of hydrogen-bond acceptors (Lipinski definition) is 1. The highest BCUT2D eigenvalue weighted by Crippen LogP contribution is 2.47. The number of rotatable bonds is 1. The van der Waals surface area contributed by atoms with Crippen LogP contribution in [0.4, 0.5) is 0 Å². The van der Waals surface area contributed by atoms with Crippen LogP contribution in [0.25, 0.3) is 0 Å². The predicted molar refractivity (Wildman–Crippen MR) is 44.1 cm³/mol. The summed E-state index contributed by atoms with van der Waals surface area (Å²) in [5.41, 5.74) is 0. The first-order valence-corrected chi connectivity index (χ1v) is 4.54. The van der Waals surface area contributed by atoms with Gasteiger partial charge >= 0.3 is 0 Å². The Balaban J connectivity index is 2.23. The maximum atomic E-state index is 8.85. The molecular weight excluding hydrogens is 158 g/mol. The summed E-state index contributed by atoms with van der Waals surface area (Å²) >= 11 is 5.79. The first-order valence-electron chi connectivity index (χ1n) is 4.00. The Kier molecular flexibility index (Phi) is 1.65. The van der Waals surface area contributed by atoms with E-state index in [2.05, 4.69) is 18.2 Å². The van der Waals surface area contributed by atoms with Crippen LogP contribution in [-0.2, 0) is 0 Å². The number of hydrogen-bond donors (Lipinski definition) is 0. The second kappa shape index (κ2) is 2.53. The van der Waals surface area contributed by atoms with Crippen LogP contribution in [0.3, 0.4) is 0 Å². The lowest BCUT2D eigenvalue weighted by Gasteiger charge is -2.19. The molecule has 0 amide bonds. The van der Waals surface area contributed by atoms with Crippen molar-refractivity contribution in [2.45, 2.75) is 6.42 Å². The van der Waals surface area contributed by atoms with Crippen LogP contribution in [0.5, 0.6) is 0 Å². The Morgan fingerprint density at radius 3 is 2.73 bits per heavy atom. The van der Waals surface area contributed by atoms with E-state index < -0.39 is 0 Å². The topological polar surface area (TPSA) is 23.8 Å². The van der Waals surface area contributed by atoms with E-state index in [-0.39, 0.29) is 5.92 Å². The van der Waals surface area contributed by atoms with Gasteiger partial charge in [-0.1, -0.05) is 12.2 Å². The summed E-state index contributed by atoms with van der Waals surface area (Å²) in [6.07, 6.45) is 5.57. The summed E-state index contributed by atoms with van der Waals surface area (Å²) in [7, 11) is 0. The predicted octanol–water partition coefficient (Wildman–Crippen LogP) is 2.19. The van der Waals surface area contributed by atoms with Gasteiger partial charge in [-0.15, -0.1) is 11.6 Å². The molecule has 1 nitrogen and oxygen atoms in total. The lowest BCUT2D eigenvalue weighted by molar-refractivity contribution is 0.417. The van der Waals surface area contributed by atoms with Crippen LogP contribution in [0, 0.1) is 35.0 Å². The zero-order valence-corrected chi connectivity index (χ0v) is 6.96. The van der Waals surface area contributed by atoms with Crippen molar-refractivity contribution >= 4 is 11.6 Å². The Morgan fingerprint density at radius 1 is 1.45 bits per heavy atom. The van der Waals surface area contributed by atoms with Crippen molar-refractivity contribution in [3.8, 4) is 6.07 Å². The third-order valence-corrected chi connectivity index (χ3v) is 3.31. The van der Waals surface area contributed by atoms with Crippen molar-refractivity contribution in [2.75, 3.05) is 5.88 Å². The Morgan fingerprint density at radius 2 is 2.18 bits per heavy atom. The molecule has 0 N–H and O–H groups in total. The molecule has 0 radical (unpaired) electrons. The third kappa shape index (κ3) is 0.895. The first-order chi connectivity index (χ1) is 5.36. The van der Waals surface area contributed by atoms with Gasteiger partial charge in [-0.05, 0) is 24.2 Å². The summed E-state index contributed by atoms with van der Waals surface area (Å²) in [5.74, 6) is 2.37. The molecule has 0 spiro atoms. The average Bonchev–Trinajstić information content (AvgIpc) is 2.60. The van der Waals surface area contributed by atoms with E-state index >= 15 is 0 Å². The summed E-state index contributed by atoms with van der Waals surface area (Å²) in [6.45, 7) is 0. The normalized spacial score (nSPS) is 46.2. The van der Waals surface area contributed by atoms with E-state index in [1.165, 1.54) is 0 Å². The maximum Gasteiger partial charge on any atom is 0.0665 e. The van der Waals surface area contributed by atoms with Crippen LogP contribution >= 0.6 is 11.6 Å². The highest BCUT2D eigenvalue weighted by Gasteiger charge is 2.43.